The third-order valence-corrected chi connectivity index (χ3v) is 4.20. The van der Waals surface area contributed by atoms with Crippen LogP contribution in [0.25, 0.3) is 0 Å². The zero-order valence-electron chi connectivity index (χ0n) is 14.9. The van der Waals surface area contributed by atoms with Crippen molar-refractivity contribution in [2.45, 2.75) is 33.7 Å². The number of carbonyl (C=O) groups excluding carboxylic acids is 1. The summed E-state index contributed by atoms with van der Waals surface area (Å²) in [6.45, 7) is 8.87. The lowest BCUT2D eigenvalue weighted by molar-refractivity contribution is 0.0664. The topological polar surface area (TPSA) is 61.9 Å². The van der Waals surface area contributed by atoms with Crippen LogP contribution in [0.1, 0.15) is 54.0 Å². The minimum atomic E-state index is -0.149. The second-order valence-corrected chi connectivity index (χ2v) is 6.53. The summed E-state index contributed by atoms with van der Waals surface area (Å²) in [6.07, 6.45) is 1.48. The molecule has 0 bridgehead atoms. The summed E-state index contributed by atoms with van der Waals surface area (Å²) in [5.74, 6) is 0.173. The molecule has 0 spiro atoms. The summed E-state index contributed by atoms with van der Waals surface area (Å²) < 4.78 is 1.44. The average Bonchev–Trinajstić information content (AvgIpc) is 2.92. The molecule has 0 aliphatic heterocycles. The Morgan fingerprint density at radius 3 is 2.58 bits per heavy atom. The molecule has 2 rings (SSSR count). The molecular formula is C19H24N4O. The molecule has 0 fully saturated rings. The van der Waals surface area contributed by atoms with E-state index in [2.05, 4.69) is 44.1 Å². The Balaban J connectivity index is 2.43. The maximum atomic E-state index is 13.1. The second kappa shape index (κ2) is 7.31. The summed E-state index contributed by atoms with van der Waals surface area (Å²) in [5.41, 5.74) is 2.93. The number of rotatable bonds is 5. The molecule has 1 heterocycles. The molecule has 0 radical (unpaired) electrons. The number of hydrogen-bond acceptors (Lipinski definition) is 3. The molecule has 0 aliphatic rings. The van der Waals surface area contributed by atoms with Crippen molar-refractivity contribution >= 4 is 5.91 Å². The minimum Gasteiger partial charge on any atom is -0.331 e. The van der Waals surface area contributed by atoms with Gasteiger partial charge in [0.15, 0.2) is 5.69 Å². The summed E-state index contributed by atoms with van der Waals surface area (Å²) >= 11 is 0. The van der Waals surface area contributed by atoms with Gasteiger partial charge < -0.3 is 4.90 Å². The van der Waals surface area contributed by atoms with Gasteiger partial charge in [0.2, 0.25) is 0 Å². The Hall–Kier alpha value is -2.61. The zero-order chi connectivity index (χ0) is 17.9. The van der Waals surface area contributed by atoms with Gasteiger partial charge in [-0.05, 0) is 30.9 Å². The monoisotopic (exact) mass is 324 g/mol. The normalized spacial score (nSPS) is 12.0. The van der Waals surface area contributed by atoms with E-state index in [0.29, 0.717) is 23.7 Å². The Kier molecular flexibility index (Phi) is 5.40. The van der Waals surface area contributed by atoms with Crippen LogP contribution in [0, 0.1) is 24.2 Å². The molecule has 1 aromatic carbocycles. The first kappa shape index (κ1) is 17.7. The van der Waals surface area contributed by atoms with Gasteiger partial charge in [-0.15, -0.1) is 0 Å². The highest BCUT2D eigenvalue weighted by molar-refractivity contribution is 5.96. The van der Waals surface area contributed by atoms with Crippen molar-refractivity contribution in [2.75, 3.05) is 6.54 Å². The van der Waals surface area contributed by atoms with Crippen molar-refractivity contribution in [2.24, 2.45) is 13.0 Å². The summed E-state index contributed by atoms with van der Waals surface area (Å²) in [4.78, 5) is 15.0. The van der Waals surface area contributed by atoms with Gasteiger partial charge in [0.25, 0.3) is 5.91 Å². The number of hydrogen-bond donors (Lipinski definition) is 0. The number of amides is 1. The van der Waals surface area contributed by atoms with Gasteiger partial charge in [-0.1, -0.05) is 38.1 Å². The van der Waals surface area contributed by atoms with Crippen molar-refractivity contribution in [3.8, 4) is 6.07 Å². The predicted octanol–water partition coefficient (Wildman–Crippen LogP) is 3.46. The summed E-state index contributed by atoms with van der Waals surface area (Å²) in [7, 11) is 1.67. The highest BCUT2D eigenvalue weighted by Crippen LogP contribution is 2.26. The van der Waals surface area contributed by atoms with Crippen LogP contribution in [0.4, 0.5) is 0 Å². The van der Waals surface area contributed by atoms with E-state index in [1.54, 1.807) is 7.05 Å². The molecule has 1 amide bonds. The molecule has 0 unspecified atom stereocenters. The van der Waals surface area contributed by atoms with Crippen LogP contribution in [-0.2, 0) is 7.05 Å². The van der Waals surface area contributed by atoms with Gasteiger partial charge in [-0.2, -0.15) is 10.4 Å². The van der Waals surface area contributed by atoms with E-state index in [-0.39, 0.29) is 11.9 Å². The Labute approximate surface area is 143 Å². The first-order valence-electron chi connectivity index (χ1n) is 8.15. The molecule has 5 heteroatoms. The fourth-order valence-corrected chi connectivity index (χ4v) is 2.92. The first-order valence-corrected chi connectivity index (χ1v) is 8.15. The van der Waals surface area contributed by atoms with Crippen LogP contribution in [0.3, 0.4) is 0 Å². The standard InChI is InChI=1S/C19H24N4O/c1-13(2)12-23(15(4)16-9-7-6-8-14(16)3)19(24)17-11-21-22(5)18(17)10-20/h6-9,11,13,15H,12H2,1-5H3/t15-/m0/s1. The van der Waals surface area contributed by atoms with Crippen LogP contribution < -0.4 is 0 Å². The molecule has 0 N–H and O–H groups in total. The molecule has 2 aromatic rings. The van der Waals surface area contributed by atoms with E-state index in [0.717, 1.165) is 11.1 Å². The van der Waals surface area contributed by atoms with Crippen molar-refractivity contribution in [1.82, 2.24) is 14.7 Å². The Morgan fingerprint density at radius 1 is 1.33 bits per heavy atom. The second-order valence-electron chi connectivity index (χ2n) is 6.53. The summed E-state index contributed by atoms with van der Waals surface area (Å²) in [5, 5.41) is 13.4. The van der Waals surface area contributed by atoms with Crippen LogP contribution in [0.2, 0.25) is 0 Å². The van der Waals surface area contributed by atoms with Crippen molar-refractivity contribution in [3.05, 3.63) is 52.8 Å². The van der Waals surface area contributed by atoms with Gasteiger partial charge >= 0.3 is 0 Å². The minimum absolute atomic E-state index is 0.0761. The predicted molar refractivity (Wildman–Crippen MR) is 93.4 cm³/mol. The fourth-order valence-electron chi connectivity index (χ4n) is 2.92. The Morgan fingerprint density at radius 2 is 2.00 bits per heavy atom. The van der Waals surface area contributed by atoms with E-state index in [1.807, 2.05) is 24.0 Å². The lowest BCUT2D eigenvalue weighted by Crippen LogP contribution is -2.37. The van der Waals surface area contributed by atoms with Crippen molar-refractivity contribution < 1.29 is 4.79 Å². The highest BCUT2D eigenvalue weighted by Gasteiger charge is 2.27. The molecule has 0 aliphatic carbocycles. The molecule has 0 saturated heterocycles. The van der Waals surface area contributed by atoms with Crippen LogP contribution in [0.5, 0.6) is 0 Å². The molecule has 24 heavy (non-hydrogen) atoms. The van der Waals surface area contributed by atoms with Crippen LogP contribution in [0.15, 0.2) is 30.5 Å². The Bertz CT molecular complexity index is 770. The average molecular weight is 324 g/mol. The van der Waals surface area contributed by atoms with Gasteiger partial charge in [0.05, 0.1) is 17.8 Å². The van der Waals surface area contributed by atoms with Crippen LogP contribution in [-0.4, -0.2) is 27.1 Å². The van der Waals surface area contributed by atoms with E-state index in [4.69, 9.17) is 0 Å². The third kappa shape index (κ3) is 3.48. The lowest BCUT2D eigenvalue weighted by atomic mass is 9.99. The number of aromatic nitrogens is 2. The number of nitriles is 1. The first-order chi connectivity index (χ1) is 11.4. The maximum absolute atomic E-state index is 13.1. The van der Waals surface area contributed by atoms with E-state index in [9.17, 15) is 10.1 Å². The van der Waals surface area contributed by atoms with E-state index < -0.39 is 0 Å². The number of carbonyl (C=O) groups is 1. The quantitative estimate of drug-likeness (QED) is 0.846. The van der Waals surface area contributed by atoms with Gasteiger partial charge in [-0.3, -0.25) is 9.48 Å². The molecule has 0 saturated carbocycles. The smallest absolute Gasteiger partial charge is 0.258 e. The maximum Gasteiger partial charge on any atom is 0.258 e. The van der Waals surface area contributed by atoms with E-state index in [1.165, 1.54) is 10.9 Å². The largest absolute Gasteiger partial charge is 0.331 e. The van der Waals surface area contributed by atoms with Gasteiger partial charge in [0, 0.05) is 13.6 Å². The SMILES string of the molecule is Cc1ccccc1[C@H](C)N(CC(C)C)C(=O)c1cnn(C)c1C#N. The van der Waals surface area contributed by atoms with E-state index >= 15 is 0 Å². The molecule has 126 valence electrons. The van der Waals surface area contributed by atoms with Crippen molar-refractivity contribution in [1.29, 1.82) is 5.26 Å². The van der Waals surface area contributed by atoms with Crippen LogP contribution >= 0.6 is 0 Å². The number of benzene rings is 1. The number of aryl methyl sites for hydroxylation is 2. The molecule has 5 nitrogen and oxygen atoms in total. The van der Waals surface area contributed by atoms with Crippen molar-refractivity contribution in [3.63, 3.8) is 0 Å². The number of nitrogens with zero attached hydrogens (tertiary/aromatic N) is 4. The zero-order valence-corrected chi connectivity index (χ0v) is 14.9. The summed E-state index contributed by atoms with van der Waals surface area (Å²) in [6, 6.07) is 10.1. The highest BCUT2D eigenvalue weighted by atomic mass is 16.2. The lowest BCUT2D eigenvalue weighted by Gasteiger charge is -2.32. The van der Waals surface area contributed by atoms with Gasteiger partial charge in [-0.25, -0.2) is 0 Å². The molecular weight excluding hydrogens is 300 g/mol. The fraction of sp³-hybridized carbons (Fsp3) is 0.421. The molecule has 1 atom stereocenters. The molecule has 1 aromatic heterocycles. The van der Waals surface area contributed by atoms with Gasteiger partial charge in [0.1, 0.15) is 6.07 Å². The third-order valence-electron chi connectivity index (χ3n) is 4.20.